The van der Waals surface area contributed by atoms with Crippen molar-refractivity contribution in [3.05, 3.63) is 42.2 Å². The number of carbonyl (C=O) groups excluding carboxylic acids is 2. The Morgan fingerprint density at radius 3 is 2.34 bits per heavy atom. The number of nitrogens with zero attached hydrogens (tertiary/aromatic N) is 3. The van der Waals surface area contributed by atoms with Crippen LogP contribution in [0.5, 0.6) is 0 Å². The molecule has 2 rings (SSSR count). The molecular weight excluding hydrogens is 364 g/mol. The van der Waals surface area contributed by atoms with Gasteiger partial charge in [-0.05, 0) is 30.9 Å². The minimum Gasteiger partial charge on any atom is -0.352 e. The lowest BCUT2D eigenvalue weighted by molar-refractivity contribution is -0.133. The van der Waals surface area contributed by atoms with E-state index in [0.29, 0.717) is 30.4 Å². The van der Waals surface area contributed by atoms with E-state index in [9.17, 15) is 9.59 Å². The summed E-state index contributed by atoms with van der Waals surface area (Å²) in [7, 11) is 0. The van der Waals surface area contributed by atoms with Crippen LogP contribution in [0.1, 0.15) is 40.4 Å². The van der Waals surface area contributed by atoms with Crippen LogP contribution in [0.25, 0.3) is 11.0 Å². The maximum atomic E-state index is 13.1. The summed E-state index contributed by atoms with van der Waals surface area (Å²) in [5.74, 6) is 1.56. The van der Waals surface area contributed by atoms with Gasteiger partial charge < -0.3 is 14.8 Å². The minimum atomic E-state index is -0.163. The molecule has 2 amide bonds. The molecule has 0 aliphatic rings. The van der Waals surface area contributed by atoms with Gasteiger partial charge in [0, 0.05) is 31.6 Å². The minimum absolute atomic E-state index is 0.0998. The van der Waals surface area contributed by atoms with Gasteiger partial charge in [-0.1, -0.05) is 46.4 Å². The largest absolute Gasteiger partial charge is 0.352 e. The van der Waals surface area contributed by atoms with E-state index in [-0.39, 0.29) is 18.4 Å². The number of hydrogen-bond donors (Lipinski definition) is 1. The van der Waals surface area contributed by atoms with Gasteiger partial charge in [0.1, 0.15) is 12.4 Å². The summed E-state index contributed by atoms with van der Waals surface area (Å²) in [5.41, 5.74) is 2.28. The van der Waals surface area contributed by atoms with E-state index in [2.05, 4.69) is 39.6 Å². The molecule has 0 radical (unpaired) electrons. The van der Waals surface area contributed by atoms with Gasteiger partial charge >= 0.3 is 0 Å². The first-order chi connectivity index (χ1) is 13.7. The lowest BCUT2D eigenvalue weighted by atomic mass is 10.1. The number of benzene rings is 1. The van der Waals surface area contributed by atoms with Gasteiger partial charge in [-0.3, -0.25) is 9.59 Å². The van der Waals surface area contributed by atoms with Crippen molar-refractivity contribution in [3.63, 3.8) is 0 Å². The fourth-order valence-electron chi connectivity index (χ4n) is 3.33. The van der Waals surface area contributed by atoms with Crippen LogP contribution in [-0.2, 0) is 22.6 Å². The molecule has 0 aliphatic carbocycles. The number of imidazole rings is 1. The van der Waals surface area contributed by atoms with Crippen molar-refractivity contribution >= 4 is 22.8 Å². The predicted octanol–water partition coefficient (Wildman–Crippen LogP) is 3.41. The van der Waals surface area contributed by atoms with Gasteiger partial charge in [-0.2, -0.15) is 0 Å². The highest BCUT2D eigenvalue weighted by Crippen LogP contribution is 2.17. The Hall–Kier alpha value is -2.63. The lowest BCUT2D eigenvalue weighted by Crippen LogP contribution is -2.39. The number of rotatable bonds is 10. The molecule has 0 bridgehead atoms. The van der Waals surface area contributed by atoms with E-state index < -0.39 is 0 Å². The maximum Gasteiger partial charge on any atom is 0.246 e. The third-order valence-corrected chi connectivity index (χ3v) is 4.57. The third-order valence-electron chi connectivity index (χ3n) is 4.57. The molecule has 0 aliphatic heterocycles. The molecule has 0 unspecified atom stereocenters. The smallest absolute Gasteiger partial charge is 0.246 e. The Morgan fingerprint density at radius 1 is 1.14 bits per heavy atom. The van der Waals surface area contributed by atoms with Crippen LogP contribution in [0.2, 0.25) is 0 Å². The zero-order valence-electron chi connectivity index (χ0n) is 18.4. The van der Waals surface area contributed by atoms with Gasteiger partial charge in [0.2, 0.25) is 11.8 Å². The van der Waals surface area contributed by atoms with Gasteiger partial charge in [0.25, 0.3) is 0 Å². The normalized spacial score (nSPS) is 11.3. The van der Waals surface area contributed by atoms with E-state index in [1.165, 1.54) is 0 Å². The maximum absolute atomic E-state index is 13.1. The van der Waals surface area contributed by atoms with Crippen LogP contribution in [-0.4, -0.2) is 45.9 Å². The standard InChI is InChI=1S/C23H34N4O2/c1-16(2)13-26(14-17(3)4)22(28)15-27-20-10-8-7-9-19(20)25-21(27)11-12-24-23(29)18(5)6/h7-10,16-17H,5,11-15H2,1-4,6H3,(H,24,29). The lowest BCUT2D eigenvalue weighted by Gasteiger charge is -2.27. The summed E-state index contributed by atoms with van der Waals surface area (Å²) < 4.78 is 1.98. The number of para-hydroxylation sites is 2. The Morgan fingerprint density at radius 2 is 1.76 bits per heavy atom. The molecule has 0 saturated heterocycles. The Balaban J connectivity index is 2.23. The second-order valence-electron chi connectivity index (χ2n) is 8.48. The number of hydrogen-bond acceptors (Lipinski definition) is 3. The first-order valence-corrected chi connectivity index (χ1v) is 10.3. The molecule has 0 atom stereocenters. The van der Waals surface area contributed by atoms with E-state index in [0.717, 1.165) is 29.9 Å². The summed E-state index contributed by atoms with van der Waals surface area (Å²) in [6.45, 7) is 16.0. The average molecular weight is 399 g/mol. The zero-order chi connectivity index (χ0) is 21.6. The molecule has 6 nitrogen and oxygen atoms in total. The van der Waals surface area contributed by atoms with Crippen molar-refractivity contribution in [3.8, 4) is 0 Å². The van der Waals surface area contributed by atoms with Crippen LogP contribution in [0.15, 0.2) is 36.4 Å². The highest BCUT2D eigenvalue weighted by molar-refractivity contribution is 5.92. The predicted molar refractivity (Wildman–Crippen MR) is 118 cm³/mol. The quantitative estimate of drug-likeness (QED) is 0.624. The molecule has 1 N–H and O–H groups in total. The van der Waals surface area contributed by atoms with Gasteiger partial charge in [-0.25, -0.2) is 4.98 Å². The zero-order valence-corrected chi connectivity index (χ0v) is 18.4. The molecule has 0 fully saturated rings. The average Bonchev–Trinajstić information content (AvgIpc) is 2.97. The fourth-order valence-corrected chi connectivity index (χ4v) is 3.33. The summed E-state index contributed by atoms with van der Waals surface area (Å²) in [4.78, 5) is 31.6. The van der Waals surface area contributed by atoms with E-state index >= 15 is 0 Å². The van der Waals surface area contributed by atoms with E-state index in [1.54, 1.807) is 6.92 Å². The molecule has 0 spiro atoms. The van der Waals surface area contributed by atoms with E-state index in [4.69, 9.17) is 4.98 Å². The summed E-state index contributed by atoms with van der Waals surface area (Å²) >= 11 is 0. The molecule has 1 aromatic carbocycles. The second-order valence-corrected chi connectivity index (χ2v) is 8.48. The molecule has 0 saturated carbocycles. The Labute approximate surface area is 174 Å². The topological polar surface area (TPSA) is 67.2 Å². The first-order valence-electron chi connectivity index (χ1n) is 10.3. The number of nitrogens with one attached hydrogen (secondary N) is 1. The van der Waals surface area contributed by atoms with Crippen molar-refractivity contribution in [2.24, 2.45) is 11.8 Å². The van der Waals surface area contributed by atoms with Gasteiger partial charge in [0.05, 0.1) is 11.0 Å². The third kappa shape index (κ3) is 6.44. The monoisotopic (exact) mass is 398 g/mol. The molecule has 158 valence electrons. The van der Waals surface area contributed by atoms with Crippen molar-refractivity contribution in [2.45, 2.75) is 47.6 Å². The van der Waals surface area contributed by atoms with Crippen molar-refractivity contribution in [1.29, 1.82) is 0 Å². The summed E-state index contributed by atoms with van der Waals surface area (Å²) in [6, 6.07) is 7.84. The van der Waals surface area contributed by atoms with E-state index in [1.807, 2.05) is 33.7 Å². The molecule has 1 heterocycles. The highest BCUT2D eigenvalue weighted by Gasteiger charge is 2.20. The summed E-state index contributed by atoms with van der Waals surface area (Å²) in [5, 5.41) is 2.84. The van der Waals surface area contributed by atoms with Crippen LogP contribution in [0, 0.1) is 11.8 Å². The molecule has 2 aromatic rings. The molecule has 6 heteroatoms. The number of amides is 2. The van der Waals surface area contributed by atoms with Gasteiger partial charge in [-0.15, -0.1) is 0 Å². The Bertz CT molecular complexity index is 857. The molecule has 29 heavy (non-hydrogen) atoms. The van der Waals surface area contributed by atoms with Crippen molar-refractivity contribution in [1.82, 2.24) is 19.8 Å². The molecular formula is C23H34N4O2. The van der Waals surface area contributed by atoms with Crippen molar-refractivity contribution < 1.29 is 9.59 Å². The van der Waals surface area contributed by atoms with Crippen LogP contribution < -0.4 is 5.32 Å². The first kappa shape index (κ1) is 22.7. The Kier molecular flexibility index (Phi) is 8.00. The molecule has 1 aromatic heterocycles. The number of fused-ring (bicyclic) bond motifs is 1. The van der Waals surface area contributed by atoms with Crippen LogP contribution in [0.3, 0.4) is 0 Å². The SMILES string of the molecule is C=C(C)C(=O)NCCc1nc2ccccc2n1CC(=O)N(CC(C)C)CC(C)C. The van der Waals surface area contributed by atoms with Gasteiger partial charge in [0.15, 0.2) is 0 Å². The second kappa shape index (κ2) is 10.2. The highest BCUT2D eigenvalue weighted by atomic mass is 16.2. The van der Waals surface area contributed by atoms with Crippen molar-refractivity contribution in [2.75, 3.05) is 19.6 Å². The van der Waals surface area contributed by atoms with Crippen LogP contribution >= 0.6 is 0 Å². The summed E-state index contributed by atoms with van der Waals surface area (Å²) in [6.07, 6.45) is 0.551. The fraction of sp³-hybridized carbons (Fsp3) is 0.522. The van der Waals surface area contributed by atoms with Crippen LogP contribution in [0.4, 0.5) is 0 Å². The number of aromatic nitrogens is 2. The number of carbonyl (C=O) groups is 2.